The van der Waals surface area contributed by atoms with Gasteiger partial charge in [0.15, 0.2) is 0 Å². The van der Waals surface area contributed by atoms with Crippen molar-refractivity contribution in [1.29, 1.82) is 0 Å². The summed E-state index contributed by atoms with van der Waals surface area (Å²) < 4.78 is 5.53. The number of aryl methyl sites for hydroxylation is 3. The molecule has 0 aromatic heterocycles. The summed E-state index contributed by atoms with van der Waals surface area (Å²) in [4.78, 5) is 28.3. The molecule has 0 fully saturated rings. The highest BCUT2D eigenvalue weighted by Crippen LogP contribution is 2.32. The molecule has 5 nitrogen and oxygen atoms in total. The Bertz CT molecular complexity index is 1230. The molecule has 0 bridgehead atoms. The van der Waals surface area contributed by atoms with Gasteiger partial charge in [-0.1, -0.05) is 48.0 Å². The molecule has 5 heteroatoms. The zero-order valence-electron chi connectivity index (χ0n) is 19.4. The summed E-state index contributed by atoms with van der Waals surface area (Å²) in [5, 5.41) is 3.24. The first-order valence-electron chi connectivity index (χ1n) is 11.1. The molecule has 0 saturated heterocycles. The van der Waals surface area contributed by atoms with Gasteiger partial charge in [0, 0.05) is 5.69 Å². The maximum Gasteiger partial charge on any atom is 0.278 e. The van der Waals surface area contributed by atoms with Gasteiger partial charge in [-0.2, -0.15) is 0 Å². The Morgan fingerprint density at radius 3 is 2.15 bits per heavy atom. The normalized spacial score (nSPS) is 13.6. The molecule has 0 unspecified atom stereocenters. The molecule has 4 rings (SSSR count). The molecule has 168 valence electrons. The van der Waals surface area contributed by atoms with Crippen molar-refractivity contribution >= 4 is 23.1 Å². The molecule has 33 heavy (non-hydrogen) atoms. The Labute approximate surface area is 194 Å². The maximum atomic E-state index is 13.5. The first kappa shape index (κ1) is 22.3. The van der Waals surface area contributed by atoms with E-state index in [0.29, 0.717) is 23.4 Å². The quantitative estimate of drug-likeness (QED) is 0.500. The molecule has 3 aromatic carbocycles. The molecule has 1 heterocycles. The fourth-order valence-corrected chi connectivity index (χ4v) is 3.83. The number of hydrogen-bond donors (Lipinski definition) is 1. The van der Waals surface area contributed by atoms with Crippen LogP contribution in [0.1, 0.15) is 34.7 Å². The van der Waals surface area contributed by atoms with Crippen LogP contribution in [0.3, 0.4) is 0 Å². The van der Waals surface area contributed by atoms with Gasteiger partial charge >= 0.3 is 0 Å². The first-order chi connectivity index (χ1) is 15.9. The van der Waals surface area contributed by atoms with Gasteiger partial charge in [-0.15, -0.1) is 0 Å². The number of nitrogens with zero attached hydrogens (tertiary/aromatic N) is 1. The zero-order chi connectivity index (χ0) is 23.5. The largest absolute Gasteiger partial charge is 0.494 e. The SMILES string of the molecule is CCOc1ccc(C2=C(Nc3ccc(C)c(C)c3)C(=O)N(Cc3ccc(C)cc3)C2=O)cc1. The second-order valence-electron chi connectivity index (χ2n) is 8.31. The van der Waals surface area contributed by atoms with Crippen LogP contribution in [-0.4, -0.2) is 23.3 Å². The lowest BCUT2D eigenvalue weighted by molar-refractivity contribution is -0.137. The molecule has 0 atom stereocenters. The summed E-state index contributed by atoms with van der Waals surface area (Å²) in [5.41, 5.74) is 6.41. The fourth-order valence-electron chi connectivity index (χ4n) is 3.83. The van der Waals surface area contributed by atoms with Gasteiger partial charge in [-0.25, -0.2) is 0 Å². The van der Waals surface area contributed by atoms with E-state index in [1.165, 1.54) is 4.90 Å². The number of rotatable bonds is 7. The van der Waals surface area contributed by atoms with Gasteiger partial charge < -0.3 is 10.1 Å². The number of amides is 2. The highest BCUT2D eigenvalue weighted by molar-refractivity contribution is 6.36. The number of ether oxygens (including phenoxy) is 1. The van der Waals surface area contributed by atoms with Gasteiger partial charge in [-0.3, -0.25) is 14.5 Å². The Kier molecular flexibility index (Phi) is 6.31. The third kappa shape index (κ3) is 4.67. The topological polar surface area (TPSA) is 58.6 Å². The number of nitrogens with one attached hydrogen (secondary N) is 1. The second kappa shape index (κ2) is 9.33. The second-order valence-corrected chi connectivity index (χ2v) is 8.31. The van der Waals surface area contributed by atoms with Gasteiger partial charge in [0.05, 0.1) is 18.7 Å². The van der Waals surface area contributed by atoms with Crippen LogP contribution >= 0.6 is 0 Å². The van der Waals surface area contributed by atoms with Crippen molar-refractivity contribution in [2.75, 3.05) is 11.9 Å². The first-order valence-corrected chi connectivity index (χ1v) is 11.1. The Morgan fingerprint density at radius 2 is 1.52 bits per heavy atom. The highest BCUT2D eigenvalue weighted by Gasteiger charge is 2.39. The predicted octanol–water partition coefficient (Wildman–Crippen LogP) is 5.40. The average molecular weight is 441 g/mol. The van der Waals surface area contributed by atoms with E-state index in [9.17, 15) is 9.59 Å². The number of imide groups is 1. The molecule has 0 saturated carbocycles. The van der Waals surface area contributed by atoms with E-state index in [1.807, 2.05) is 94.4 Å². The van der Waals surface area contributed by atoms with Crippen LogP contribution in [-0.2, 0) is 16.1 Å². The van der Waals surface area contributed by atoms with Crippen LogP contribution in [0.15, 0.2) is 72.4 Å². The van der Waals surface area contributed by atoms with E-state index in [4.69, 9.17) is 4.74 Å². The smallest absolute Gasteiger partial charge is 0.278 e. The van der Waals surface area contributed by atoms with Gasteiger partial charge in [-0.05, 0) is 74.2 Å². The van der Waals surface area contributed by atoms with E-state index in [0.717, 1.165) is 33.7 Å². The van der Waals surface area contributed by atoms with Crippen LogP contribution in [0.5, 0.6) is 5.75 Å². The Hall–Kier alpha value is -3.86. The Balaban J connectivity index is 1.72. The minimum Gasteiger partial charge on any atom is -0.494 e. The molecular weight excluding hydrogens is 412 g/mol. The van der Waals surface area contributed by atoms with Crippen LogP contribution < -0.4 is 10.1 Å². The summed E-state index contributed by atoms with van der Waals surface area (Å²) in [6.45, 7) is 8.77. The van der Waals surface area contributed by atoms with Crippen molar-refractivity contribution in [3.05, 3.63) is 100 Å². The monoisotopic (exact) mass is 440 g/mol. The Morgan fingerprint density at radius 1 is 0.818 bits per heavy atom. The maximum absolute atomic E-state index is 13.5. The molecule has 1 N–H and O–H groups in total. The van der Waals surface area contributed by atoms with E-state index < -0.39 is 0 Å². The van der Waals surface area contributed by atoms with Gasteiger partial charge in [0.25, 0.3) is 11.8 Å². The summed E-state index contributed by atoms with van der Waals surface area (Å²) in [5.74, 6) is 0.0811. The number of carbonyl (C=O) groups is 2. The van der Waals surface area contributed by atoms with E-state index in [2.05, 4.69) is 5.32 Å². The van der Waals surface area contributed by atoms with Crippen LogP contribution in [0.4, 0.5) is 5.69 Å². The number of hydrogen-bond acceptors (Lipinski definition) is 4. The standard InChI is InChI=1S/C28H28N2O3/c1-5-33-24-14-11-22(12-15-24)25-26(29-23-13-8-19(3)20(4)16-23)28(32)30(27(25)31)17-21-9-6-18(2)7-10-21/h6-16,29H,5,17H2,1-4H3. The minimum atomic E-state index is -0.331. The molecule has 1 aliphatic heterocycles. The van der Waals surface area contributed by atoms with Crippen LogP contribution in [0.2, 0.25) is 0 Å². The molecule has 3 aromatic rings. The van der Waals surface area contributed by atoms with Crippen LogP contribution in [0, 0.1) is 20.8 Å². The van der Waals surface area contributed by atoms with Crippen molar-refractivity contribution in [3.63, 3.8) is 0 Å². The van der Waals surface area contributed by atoms with Crippen molar-refractivity contribution in [2.45, 2.75) is 34.2 Å². The summed E-state index contributed by atoms with van der Waals surface area (Å²) in [6, 6.07) is 21.0. The van der Waals surface area contributed by atoms with Crippen molar-refractivity contribution in [2.24, 2.45) is 0 Å². The predicted molar refractivity (Wildman–Crippen MR) is 131 cm³/mol. The van der Waals surface area contributed by atoms with Crippen molar-refractivity contribution in [3.8, 4) is 5.75 Å². The number of anilines is 1. The van der Waals surface area contributed by atoms with E-state index >= 15 is 0 Å². The average Bonchev–Trinajstić information content (AvgIpc) is 3.03. The lowest BCUT2D eigenvalue weighted by Crippen LogP contribution is -2.32. The third-order valence-electron chi connectivity index (χ3n) is 5.86. The molecular formula is C28H28N2O3. The number of benzene rings is 3. The van der Waals surface area contributed by atoms with Crippen LogP contribution in [0.25, 0.3) is 5.57 Å². The summed E-state index contributed by atoms with van der Waals surface area (Å²) >= 11 is 0. The lowest BCUT2D eigenvalue weighted by Gasteiger charge is -2.16. The summed E-state index contributed by atoms with van der Waals surface area (Å²) in [6.07, 6.45) is 0. The van der Waals surface area contributed by atoms with Gasteiger partial charge in [0.1, 0.15) is 11.4 Å². The van der Waals surface area contributed by atoms with Gasteiger partial charge in [0.2, 0.25) is 0 Å². The fraction of sp³-hybridized carbons (Fsp3) is 0.214. The molecule has 2 amide bonds. The van der Waals surface area contributed by atoms with E-state index in [1.54, 1.807) is 0 Å². The molecule has 1 aliphatic rings. The minimum absolute atomic E-state index is 0.219. The third-order valence-corrected chi connectivity index (χ3v) is 5.86. The molecule has 0 aliphatic carbocycles. The lowest BCUT2D eigenvalue weighted by atomic mass is 10.0. The van der Waals surface area contributed by atoms with Crippen molar-refractivity contribution < 1.29 is 14.3 Å². The van der Waals surface area contributed by atoms with E-state index in [-0.39, 0.29) is 18.4 Å². The zero-order valence-corrected chi connectivity index (χ0v) is 19.4. The summed E-state index contributed by atoms with van der Waals surface area (Å²) in [7, 11) is 0. The molecule has 0 radical (unpaired) electrons. The molecule has 0 spiro atoms. The van der Waals surface area contributed by atoms with Crippen molar-refractivity contribution in [1.82, 2.24) is 4.90 Å². The highest BCUT2D eigenvalue weighted by atomic mass is 16.5. The number of carbonyl (C=O) groups excluding carboxylic acids is 2.